The van der Waals surface area contributed by atoms with E-state index >= 15 is 0 Å². The molecule has 0 bridgehead atoms. The van der Waals surface area contributed by atoms with Crippen molar-refractivity contribution in [2.75, 3.05) is 21.3 Å². The molecule has 0 saturated heterocycles. The summed E-state index contributed by atoms with van der Waals surface area (Å²) in [4.78, 5) is 0. The predicted molar refractivity (Wildman–Crippen MR) is 52.2 cm³/mol. The van der Waals surface area contributed by atoms with Crippen LogP contribution in [-0.2, 0) is 23.1 Å². The maximum Gasteiger partial charge on any atom is 0.611 e. The lowest BCUT2D eigenvalue weighted by molar-refractivity contribution is 0.201. The molecule has 13 heavy (non-hydrogen) atoms. The van der Waals surface area contributed by atoms with Gasteiger partial charge in [-0.1, -0.05) is 0 Å². The maximum absolute atomic E-state index is 5.17. The molecule has 8 heteroatoms. The van der Waals surface area contributed by atoms with E-state index in [2.05, 4.69) is 0 Å². The van der Waals surface area contributed by atoms with E-state index in [-0.39, 0.29) is 14.2 Å². The SMILES string of the molecule is COB(C)OB(OC)OB(C)OC. The van der Waals surface area contributed by atoms with Crippen LogP contribution in [0.25, 0.3) is 0 Å². The fourth-order valence-electron chi connectivity index (χ4n) is 0.567. The van der Waals surface area contributed by atoms with Crippen molar-refractivity contribution in [3.05, 3.63) is 0 Å². The van der Waals surface area contributed by atoms with Gasteiger partial charge in [-0.2, -0.15) is 0 Å². The summed E-state index contributed by atoms with van der Waals surface area (Å²) >= 11 is 0. The lowest BCUT2D eigenvalue weighted by Gasteiger charge is -2.16. The second-order valence-corrected chi connectivity index (χ2v) is 2.40. The Morgan fingerprint density at radius 2 is 1.08 bits per heavy atom. The summed E-state index contributed by atoms with van der Waals surface area (Å²) in [7, 11) is 3.02. The molecule has 74 valence electrons. The summed E-state index contributed by atoms with van der Waals surface area (Å²) in [6.45, 7) is 3.49. The molecule has 0 rings (SSSR count). The third-order valence-electron chi connectivity index (χ3n) is 1.46. The molecule has 0 aromatic rings. The van der Waals surface area contributed by atoms with Crippen molar-refractivity contribution >= 4 is 21.6 Å². The number of hydrogen-bond donors (Lipinski definition) is 0. The van der Waals surface area contributed by atoms with Crippen LogP contribution in [0.2, 0.25) is 13.6 Å². The summed E-state index contributed by atoms with van der Waals surface area (Å²) in [5.41, 5.74) is 0. The van der Waals surface area contributed by atoms with Gasteiger partial charge in [-0.15, -0.1) is 0 Å². The van der Waals surface area contributed by atoms with Gasteiger partial charge in [0.15, 0.2) is 0 Å². The zero-order chi connectivity index (χ0) is 10.3. The van der Waals surface area contributed by atoms with Crippen LogP contribution in [0.1, 0.15) is 0 Å². The fourth-order valence-corrected chi connectivity index (χ4v) is 0.567. The van der Waals surface area contributed by atoms with Gasteiger partial charge in [-0.25, -0.2) is 0 Å². The van der Waals surface area contributed by atoms with Crippen LogP contribution >= 0.6 is 0 Å². The summed E-state index contributed by atoms with van der Waals surface area (Å²) in [5, 5.41) is 0. The third kappa shape index (κ3) is 6.12. The second-order valence-electron chi connectivity index (χ2n) is 2.40. The fraction of sp³-hybridized carbons (Fsp3) is 1.00. The molecule has 0 amide bonds. The quantitative estimate of drug-likeness (QED) is 0.532. The maximum atomic E-state index is 5.17. The average Bonchev–Trinajstić information content (AvgIpc) is 2.16. The second kappa shape index (κ2) is 7.40. The minimum atomic E-state index is -0.773. The summed E-state index contributed by atoms with van der Waals surface area (Å²) < 4.78 is 25.0. The zero-order valence-electron chi connectivity index (χ0n) is 8.77. The van der Waals surface area contributed by atoms with Crippen LogP contribution in [0.4, 0.5) is 0 Å². The Morgan fingerprint density at radius 3 is 1.31 bits per heavy atom. The summed E-state index contributed by atoms with van der Waals surface area (Å²) in [5.74, 6) is 0. The summed E-state index contributed by atoms with van der Waals surface area (Å²) in [6.07, 6.45) is 0. The van der Waals surface area contributed by atoms with Crippen molar-refractivity contribution in [2.45, 2.75) is 13.6 Å². The molecule has 0 heterocycles. The molecular weight excluding hydrogens is 172 g/mol. The first-order valence-electron chi connectivity index (χ1n) is 4.03. The molecule has 0 fully saturated rings. The molecule has 0 N–H and O–H groups in total. The van der Waals surface area contributed by atoms with Crippen LogP contribution in [0.15, 0.2) is 0 Å². The molecule has 0 aliphatic rings. The van der Waals surface area contributed by atoms with Crippen LogP contribution in [0.5, 0.6) is 0 Å². The van der Waals surface area contributed by atoms with E-state index in [1.807, 2.05) is 0 Å². The third-order valence-corrected chi connectivity index (χ3v) is 1.46. The van der Waals surface area contributed by atoms with Crippen molar-refractivity contribution in [3.63, 3.8) is 0 Å². The van der Waals surface area contributed by atoms with E-state index in [0.29, 0.717) is 0 Å². The highest BCUT2D eigenvalue weighted by molar-refractivity contribution is 6.61. The highest BCUT2D eigenvalue weighted by atomic mass is 16.8. The Bertz CT molecular complexity index is 115. The monoisotopic (exact) mass is 188 g/mol. The van der Waals surface area contributed by atoms with Crippen LogP contribution in [0.3, 0.4) is 0 Å². The molecule has 0 spiro atoms. The molecule has 5 nitrogen and oxygen atoms in total. The van der Waals surface area contributed by atoms with E-state index in [1.165, 1.54) is 21.3 Å². The van der Waals surface area contributed by atoms with Gasteiger partial charge < -0.3 is 23.1 Å². The normalized spacial score (nSPS) is 9.92. The van der Waals surface area contributed by atoms with E-state index in [1.54, 1.807) is 13.6 Å². The Hall–Kier alpha value is -0.00519. The molecular formula is C5H15B3O5. The molecule has 0 aromatic heterocycles. The molecule has 0 aliphatic carbocycles. The topological polar surface area (TPSA) is 46.2 Å². The standard InChI is InChI=1S/C5H15B3O5/c1-6(9-3)12-8(11-5)13-7(2)10-4/h1-5H3. The van der Waals surface area contributed by atoms with Crippen molar-refractivity contribution in [1.82, 2.24) is 0 Å². The van der Waals surface area contributed by atoms with Crippen molar-refractivity contribution in [1.29, 1.82) is 0 Å². The average molecular weight is 188 g/mol. The van der Waals surface area contributed by atoms with E-state index in [4.69, 9.17) is 23.1 Å². The van der Waals surface area contributed by atoms with E-state index < -0.39 is 7.32 Å². The van der Waals surface area contributed by atoms with Gasteiger partial charge >= 0.3 is 21.6 Å². The largest absolute Gasteiger partial charge is 0.611 e. The lowest BCUT2D eigenvalue weighted by Crippen LogP contribution is -2.38. The van der Waals surface area contributed by atoms with Crippen LogP contribution in [-0.4, -0.2) is 42.9 Å². The Balaban J connectivity index is 3.74. The van der Waals surface area contributed by atoms with Gasteiger partial charge in [0.2, 0.25) is 0 Å². The predicted octanol–water partition coefficient (Wildman–Crippen LogP) is 0.180. The zero-order valence-corrected chi connectivity index (χ0v) is 8.77. The van der Waals surface area contributed by atoms with Crippen molar-refractivity contribution < 1.29 is 23.1 Å². The Labute approximate surface area is 80.5 Å². The highest BCUT2D eigenvalue weighted by Gasteiger charge is 2.28. The molecule has 0 radical (unpaired) electrons. The van der Waals surface area contributed by atoms with Gasteiger partial charge in [0.25, 0.3) is 0 Å². The van der Waals surface area contributed by atoms with Gasteiger partial charge in [-0.05, 0) is 13.6 Å². The molecule has 0 atom stereocenters. The molecule has 0 aromatic carbocycles. The number of rotatable bonds is 7. The molecule has 0 unspecified atom stereocenters. The van der Waals surface area contributed by atoms with Crippen LogP contribution in [0, 0.1) is 0 Å². The lowest BCUT2D eigenvalue weighted by atomic mass is 9.88. The van der Waals surface area contributed by atoms with E-state index in [9.17, 15) is 0 Å². The van der Waals surface area contributed by atoms with E-state index in [0.717, 1.165) is 0 Å². The minimum absolute atomic E-state index is 0.381. The highest BCUT2D eigenvalue weighted by Crippen LogP contribution is 1.98. The van der Waals surface area contributed by atoms with Gasteiger partial charge in [0.05, 0.1) is 0 Å². The number of hydrogen-bond acceptors (Lipinski definition) is 5. The Kier molecular flexibility index (Phi) is 7.40. The van der Waals surface area contributed by atoms with Crippen molar-refractivity contribution in [3.8, 4) is 0 Å². The smallest absolute Gasteiger partial charge is 0.426 e. The Morgan fingerprint density at radius 1 is 0.692 bits per heavy atom. The first-order valence-corrected chi connectivity index (χ1v) is 4.03. The van der Waals surface area contributed by atoms with Gasteiger partial charge in [0.1, 0.15) is 0 Å². The first kappa shape index (κ1) is 13.0. The minimum Gasteiger partial charge on any atom is -0.426 e. The van der Waals surface area contributed by atoms with Gasteiger partial charge in [0, 0.05) is 21.3 Å². The first-order chi connectivity index (χ1) is 6.13. The summed E-state index contributed by atoms with van der Waals surface area (Å²) in [6, 6.07) is 0. The molecule has 0 aliphatic heterocycles. The van der Waals surface area contributed by atoms with Gasteiger partial charge in [-0.3, -0.25) is 0 Å². The van der Waals surface area contributed by atoms with Crippen LogP contribution < -0.4 is 0 Å². The van der Waals surface area contributed by atoms with Crippen molar-refractivity contribution in [2.24, 2.45) is 0 Å². The molecule has 0 saturated carbocycles.